The molecule has 1 saturated heterocycles. The van der Waals surface area contributed by atoms with Gasteiger partial charge in [0.15, 0.2) is 0 Å². The highest BCUT2D eigenvalue weighted by Crippen LogP contribution is 2.20. The Morgan fingerprint density at radius 2 is 2.00 bits per heavy atom. The quantitative estimate of drug-likeness (QED) is 0.644. The van der Waals surface area contributed by atoms with Crippen molar-refractivity contribution >= 4 is 11.6 Å². The molecule has 1 aliphatic rings. The van der Waals surface area contributed by atoms with Gasteiger partial charge in [-0.25, -0.2) is 4.68 Å². The number of benzene rings is 1. The smallest absolute Gasteiger partial charge is 0.0649 e. The average Bonchev–Trinajstić information content (AvgIpc) is 3.23. The van der Waals surface area contributed by atoms with Crippen LogP contribution in [0.4, 0.5) is 0 Å². The van der Waals surface area contributed by atoms with Gasteiger partial charge in [-0.15, -0.1) is 0 Å². The summed E-state index contributed by atoms with van der Waals surface area (Å²) in [6.45, 7) is 8.57. The predicted octanol–water partition coefficient (Wildman–Crippen LogP) is 3.47. The highest BCUT2D eigenvalue weighted by molar-refractivity contribution is 6.30. The molecule has 2 heterocycles. The second kappa shape index (κ2) is 9.69. The van der Waals surface area contributed by atoms with Gasteiger partial charge in [-0.3, -0.25) is 4.90 Å². The summed E-state index contributed by atoms with van der Waals surface area (Å²) in [5.41, 5.74) is 4.54. The van der Waals surface area contributed by atoms with Crippen LogP contribution >= 0.6 is 11.6 Å². The minimum Gasteiger partial charge on any atom is -0.395 e. The molecule has 0 spiro atoms. The summed E-state index contributed by atoms with van der Waals surface area (Å²) in [6.07, 6.45) is 4.69. The van der Waals surface area contributed by atoms with Crippen LogP contribution in [0.5, 0.6) is 0 Å². The van der Waals surface area contributed by atoms with Gasteiger partial charge in [0.05, 0.1) is 18.0 Å². The van der Waals surface area contributed by atoms with Gasteiger partial charge < -0.3 is 10.4 Å². The second-order valence-corrected chi connectivity index (χ2v) is 7.87. The molecule has 2 aromatic rings. The van der Waals surface area contributed by atoms with E-state index in [2.05, 4.69) is 24.1 Å². The first kappa shape index (κ1) is 20.3. The number of halogens is 1. The predicted molar refractivity (Wildman–Crippen MR) is 111 cm³/mol. The van der Waals surface area contributed by atoms with Crippen molar-refractivity contribution < 1.29 is 5.11 Å². The van der Waals surface area contributed by atoms with Crippen LogP contribution in [0.1, 0.15) is 42.6 Å². The number of nitrogens with zero attached hydrogens (tertiary/aromatic N) is 3. The summed E-state index contributed by atoms with van der Waals surface area (Å²) in [7, 11) is 0. The summed E-state index contributed by atoms with van der Waals surface area (Å²) >= 11 is 5.99. The third kappa shape index (κ3) is 5.11. The number of aliphatic hydroxyl groups excluding tert-OH is 1. The number of aliphatic hydroxyl groups is 1. The first-order chi connectivity index (χ1) is 13.1. The molecule has 0 bridgehead atoms. The van der Waals surface area contributed by atoms with E-state index in [-0.39, 0.29) is 0 Å². The average molecular weight is 391 g/mol. The lowest BCUT2D eigenvalue weighted by Gasteiger charge is -2.22. The van der Waals surface area contributed by atoms with Gasteiger partial charge >= 0.3 is 0 Å². The normalized spacial score (nSPS) is 17.7. The summed E-state index contributed by atoms with van der Waals surface area (Å²) in [5.74, 6) is 0. The largest absolute Gasteiger partial charge is 0.395 e. The maximum absolute atomic E-state index is 9.38. The van der Waals surface area contributed by atoms with Gasteiger partial charge in [0.2, 0.25) is 0 Å². The van der Waals surface area contributed by atoms with Crippen molar-refractivity contribution in [1.82, 2.24) is 20.0 Å². The number of hydrogen-bond acceptors (Lipinski definition) is 4. The van der Waals surface area contributed by atoms with Crippen LogP contribution in [0.3, 0.4) is 0 Å². The minimum atomic E-state index is 0.300. The Kier molecular flexibility index (Phi) is 7.30. The van der Waals surface area contributed by atoms with Gasteiger partial charge in [-0.1, -0.05) is 11.6 Å². The molecule has 2 N–H and O–H groups in total. The van der Waals surface area contributed by atoms with Crippen molar-refractivity contribution in [1.29, 1.82) is 0 Å². The Morgan fingerprint density at radius 1 is 1.22 bits per heavy atom. The first-order valence-electron chi connectivity index (χ1n) is 9.97. The Labute approximate surface area is 167 Å². The van der Waals surface area contributed by atoms with Gasteiger partial charge in [0.25, 0.3) is 0 Å². The fourth-order valence-electron chi connectivity index (χ4n) is 3.94. The monoisotopic (exact) mass is 390 g/mol. The maximum atomic E-state index is 9.38. The van der Waals surface area contributed by atoms with Gasteiger partial charge in [0.1, 0.15) is 0 Å². The fraction of sp³-hybridized carbons (Fsp3) is 0.571. The number of hydrogen-bond donors (Lipinski definition) is 2. The molecule has 3 rings (SSSR count). The van der Waals surface area contributed by atoms with E-state index in [1.165, 1.54) is 24.1 Å². The van der Waals surface area contributed by atoms with E-state index in [0.29, 0.717) is 12.6 Å². The van der Waals surface area contributed by atoms with Crippen LogP contribution < -0.4 is 5.32 Å². The molecule has 5 nitrogen and oxygen atoms in total. The van der Waals surface area contributed by atoms with Crippen molar-refractivity contribution in [2.75, 3.05) is 26.2 Å². The van der Waals surface area contributed by atoms with E-state index in [9.17, 15) is 5.11 Å². The molecule has 6 heteroatoms. The lowest BCUT2D eigenvalue weighted by molar-refractivity contribution is 0.157. The van der Waals surface area contributed by atoms with Crippen LogP contribution in [0.25, 0.3) is 5.69 Å². The molecule has 1 fully saturated rings. The van der Waals surface area contributed by atoms with Crippen molar-refractivity contribution in [3.8, 4) is 5.69 Å². The van der Waals surface area contributed by atoms with E-state index in [1.54, 1.807) is 0 Å². The highest BCUT2D eigenvalue weighted by Gasteiger charge is 2.22. The van der Waals surface area contributed by atoms with Gasteiger partial charge in [0, 0.05) is 28.9 Å². The second-order valence-electron chi connectivity index (χ2n) is 7.44. The zero-order valence-electron chi connectivity index (χ0n) is 16.4. The minimum absolute atomic E-state index is 0.300. The zero-order chi connectivity index (χ0) is 19.2. The number of rotatable bonds is 9. The highest BCUT2D eigenvalue weighted by atomic mass is 35.5. The molecule has 1 atom stereocenters. The van der Waals surface area contributed by atoms with E-state index < -0.39 is 0 Å². The molecule has 148 valence electrons. The number of likely N-dealkylation sites (tertiary alicyclic amines) is 1. The van der Waals surface area contributed by atoms with E-state index in [4.69, 9.17) is 16.7 Å². The standard InChI is InChI=1S/C21H31ClN4O/c1-16-21(17(2)26(24-16)19-9-7-18(22)8-10-19)14-23-11-3-4-12-25-13-5-6-20(25)15-27/h7-10,20,23,27H,3-6,11-15H2,1-2H3. The molecule has 0 saturated carbocycles. The zero-order valence-corrected chi connectivity index (χ0v) is 17.2. The molecule has 0 aliphatic carbocycles. The summed E-state index contributed by atoms with van der Waals surface area (Å²) in [4.78, 5) is 2.43. The van der Waals surface area contributed by atoms with E-state index >= 15 is 0 Å². The molecule has 27 heavy (non-hydrogen) atoms. The Hall–Kier alpha value is -1.40. The number of nitrogens with one attached hydrogen (secondary N) is 1. The van der Waals surface area contributed by atoms with Crippen LogP contribution in [-0.4, -0.2) is 52.1 Å². The first-order valence-corrected chi connectivity index (χ1v) is 10.3. The van der Waals surface area contributed by atoms with Crippen LogP contribution in [0.2, 0.25) is 5.02 Å². The van der Waals surface area contributed by atoms with Crippen molar-refractivity contribution in [3.05, 3.63) is 46.2 Å². The Bertz CT molecular complexity index is 729. The van der Waals surface area contributed by atoms with Gasteiger partial charge in [-0.05, 0) is 83.4 Å². The molecular formula is C21H31ClN4O. The summed E-state index contributed by atoms with van der Waals surface area (Å²) < 4.78 is 1.99. The Morgan fingerprint density at radius 3 is 2.74 bits per heavy atom. The molecule has 1 aromatic heterocycles. The SMILES string of the molecule is Cc1nn(-c2ccc(Cl)cc2)c(C)c1CNCCCCN1CCCC1CO. The molecular weight excluding hydrogens is 360 g/mol. The number of unbranched alkanes of at least 4 members (excludes halogenated alkanes) is 1. The van der Waals surface area contributed by atoms with Crippen LogP contribution in [0, 0.1) is 13.8 Å². The lowest BCUT2D eigenvalue weighted by atomic mass is 10.2. The molecule has 1 aliphatic heterocycles. The summed E-state index contributed by atoms with van der Waals surface area (Å²) in [6, 6.07) is 8.18. The van der Waals surface area contributed by atoms with Crippen LogP contribution in [0.15, 0.2) is 24.3 Å². The third-order valence-electron chi connectivity index (χ3n) is 5.57. The number of aryl methyl sites for hydroxylation is 1. The van der Waals surface area contributed by atoms with Gasteiger partial charge in [-0.2, -0.15) is 5.10 Å². The Balaban J connectivity index is 1.45. The maximum Gasteiger partial charge on any atom is 0.0649 e. The summed E-state index contributed by atoms with van der Waals surface area (Å²) in [5, 5.41) is 18.4. The lowest BCUT2D eigenvalue weighted by Crippen LogP contribution is -2.33. The third-order valence-corrected chi connectivity index (χ3v) is 5.82. The molecule has 1 aromatic carbocycles. The topological polar surface area (TPSA) is 53.3 Å². The van der Waals surface area contributed by atoms with Crippen molar-refractivity contribution in [2.24, 2.45) is 0 Å². The number of aromatic nitrogens is 2. The fourth-order valence-corrected chi connectivity index (χ4v) is 4.07. The molecule has 0 amide bonds. The van der Waals surface area contributed by atoms with Crippen LogP contribution in [-0.2, 0) is 6.54 Å². The molecule has 0 radical (unpaired) electrons. The van der Waals surface area contributed by atoms with E-state index in [0.717, 1.165) is 55.4 Å². The molecule has 1 unspecified atom stereocenters. The van der Waals surface area contributed by atoms with E-state index in [1.807, 2.05) is 28.9 Å². The van der Waals surface area contributed by atoms with Crippen molar-refractivity contribution in [2.45, 2.75) is 52.1 Å². The van der Waals surface area contributed by atoms with Crippen molar-refractivity contribution in [3.63, 3.8) is 0 Å².